The number of halogens is 1. The second-order valence-corrected chi connectivity index (χ2v) is 6.06. The molecule has 2 aliphatic heterocycles. The van der Waals surface area contributed by atoms with E-state index in [9.17, 15) is 14.3 Å². The Morgan fingerprint density at radius 2 is 1.83 bits per heavy atom. The summed E-state index contributed by atoms with van der Waals surface area (Å²) in [6.07, 6.45) is -0.924. The third kappa shape index (κ3) is 2.24. The lowest BCUT2D eigenvalue weighted by Crippen LogP contribution is -2.42. The quantitative estimate of drug-likeness (QED) is 0.892. The number of aliphatic hydroxyl groups excluding tert-OH is 1. The molecule has 5 heteroatoms. The molecule has 1 fully saturated rings. The Labute approximate surface area is 133 Å². The van der Waals surface area contributed by atoms with Crippen LogP contribution in [0.25, 0.3) is 0 Å². The third-order valence-corrected chi connectivity index (χ3v) is 4.81. The standard InChI is InChI=1S/C18H17FN2O2/c19-12-7-5-11(6-8-12)15-9-20-10-16(15)21-17(22)13-3-1-2-4-14(13)18(21)23/h1-8,15-17,20,22H,9-10H2. The van der Waals surface area contributed by atoms with E-state index < -0.39 is 6.23 Å². The normalized spacial score (nSPS) is 26.6. The molecule has 2 heterocycles. The number of aliphatic hydroxyl groups is 1. The summed E-state index contributed by atoms with van der Waals surface area (Å²) in [5, 5.41) is 13.9. The minimum Gasteiger partial charge on any atom is -0.369 e. The summed E-state index contributed by atoms with van der Waals surface area (Å²) >= 11 is 0. The van der Waals surface area contributed by atoms with Gasteiger partial charge in [0.1, 0.15) is 5.82 Å². The first kappa shape index (κ1) is 14.4. The maximum Gasteiger partial charge on any atom is 0.256 e. The molecule has 2 N–H and O–H groups in total. The third-order valence-electron chi connectivity index (χ3n) is 4.81. The summed E-state index contributed by atoms with van der Waals surface area (Å²) in [6.45, 7) is 1.31. The summed E-state index contributed by atoms with van der Waals surface area (Å²) in [6, 6.07) is 13.4. The molecule has 23 heavy (non-hydrogen) atoms. The van der Waals surface area contributed by atoms with Gasteiger partial charge in [-0.1, -0.05) is 30.3 Å². The van der Waals surface area contributed by atoms with Gasteiger partial charge in [0.2, 0.25) is 0 Å². The number of nitrogens with one attached hydrogen (secondary N) is 1. The maximum atomic E-state index is 13.2. The molecular weight excluding hydrogens is 295 g/mol. The molecule has 2 aromatic rings. The van der Waals surface area contributed by atoms with Gasteiger partial charge in [-0.25, -0.2) is 4.39 Å². The first-order valence-electron chi connectivity index (χ1n) is 7.72. The molecule has 4 rings (SSSR count). The van der Waals surface area contributed by atoms with Gasteiger partial charge in [0.05, 0.1) is 6.04 Å². The van der Waals surface area contributed by atoms with Gasteiger partial charge in [-0.2, -0.15) is 0 Å². The van der Waals surface area contributed by atoms with Crippen LogP contribution in [0.15, 0.2) is 48.5 Å². The van der Waals surface area contributed by atoms with E-state index in [1.165, 1.54) is 12.1 Å². The Hall–Kier alpha value is -2.24. The predicted molar refractivity (Wildman–Crippen MR) is 83.4 cm³/mol. The summed E-state index contributed by atoms with van der Waals surface area (Å²) in [4.78, 5) is 14.3. The van der Waals surface area contributed by atoms with Crippen molar-refractivity contribution < 1.29 is 14.3 Å². The summed E-state index contributed by atoms with van der Waals surface area (Å²) < 4.78 is 13.2. The van der Waals surface area contributed by atoms with E-state index >= 15 is 0 Å². The van der Waals surface area contributed by atoms with Gasteiger partial charge in [-0.3, -0.25) is 4.79 Å². The number of hydrogen-bond donors (Lipinski definition) is 2. The van der Waals surface area contributed by atoms with Gasteiger partial charge in [0.25, 0.3) is 5.91 Å². The summed E-state index contributed by atoms with van der Waals surface area (Å²) in [7, 11) is 0. The zero-order valence-electron chi connectivity index (χ0n) is 12.4. The molecule has 3 unspecified atom stereocenters. The van der Waals surface area contributed by atoms with Crippen molar-refractivity contribution in [1.29, 1.82) is 0 Å². The molecule has 1 saturated heterocycles. The van der Waals surface area contributed by atoms with Crippen molar-refractivity contribution in [1.82, 2.24) is 10.2 Å². The van der Waals surface area contributed by atoms with Crippen LogP contribution in [0.1, 0.15) is 33.6 Å². The number of rotatable bonds is 2. The van der Waals surface area contributed by atoms with Gasteiger partial charge in [0.15, 0.2) is 6.23 Å². The van der Waals surface area contributed by atoms with Gasteiger partial charge in [-0.15, -0.1) is 0 Å². The molecule has 3 atom stereocenters. The number of carbonyl (C=O) groups is 1. The number of nitrogens with zero attached hydrogens (tertiary/aromatic N) is 1. The van der Waals surface area contributed by atoms with Gasteiger partial charge in [0, 0.05) is 30.1 Å². The molecule has 4 nitrogen and oxygen atoms in total. The Morgan fingerprint density at radius 3 is 2.57 bits per heavy atom. The minimum absolute atomic E-state index is 0.0310. The number of hydrogen-bond acceptors (Lipinski definition) is 3. The van der Waals surface area contributed by atoms with Crippen LogP contribution in [0.3, 0.4) is 0 Å². The van der Waals surface area contributed by atoms with Gasteiger partial charge >= 0.3 is 0 Å². The zero-order valence-corrected chi connectivity index (χ0v) is 12.4. The van der Waals surface area contributed by atoms with Crippen molar-refractivity contribution in [3.05, 3.63) is 71.0 Å². The molecule has 0 radical (unpaired) electrons. The highest BCUT2D eigenvalue weighted by atomic mass is 19.1. The van der Waals surface area contributed by atoms with E-state index in [4.69, 9.17) is 0 Å². The molecule has 2 aromatic carbocycles. The van der Waals surface area contributed by atoms with E-state index in [0.29, 0.717) is 24.2 Å². The second kappa shape index (κ2) is 5.44. The van der Waals surface area contributed by atoms with Crippen LogP contribution in [0.4, 0.5) is 4.39 Å². The molecular formula is C18H17FN2O2. The van der Waals surface area contributed by atoms with Crippen molar-refractivity contribution >= 4 is 5.91 Å². The van der Waals surface area contributed by atoms with Crippen molar-refractivity contribution in [2.45, 2.75) is 18.2 Å². The molecule has 118 valence electrons. The van der Waals surface area contributed by atoms with Crippen molar-refractivity contribution in [3.8, 4) is 0 Å². The van der Waals surface area contributed by atoms with Crippen LogP contribution in [0.2, 0.25) is 0 Å². The summed E-state index contributed by atoms with van der Waals surface area (Å²) in [5.41, 5.74) is 2.18. The number of carbonyl (C=O) groups excluding carboxylic acids is 1. The summed E-state index contributed by atoms with van der Waals surface area (Å²) in [5.74, 6) is -0.390. The number of amides is 1. The average molecular weight is 312 g/mol. The van der Waals surface area contributed by atoms with E-state index in [1.807, 2.05) is 6.07 Å². The highest BCUT2D eigenvalue weighted by molar-refractivity contribution is 5.99. The van der Waals surface area contributed by atoms with Crippen molar-refractivity contribution in [2.75, 3.05) is 13.1 Å². The fourth-order valence-electron chi connectivity index (χ4n) is 3.66. The van der Waals surface area contributed by atoms with Gasteiger partial charge in [-0.05, 0) is 23.8 Å². The molecule has 1 amide bonds. The van der Waals surface area contributed by atoms with Crippen LogP contribution in [0.5, 0.6) is 0 Å². The topological polar surface area (TPSA) is 52.6 Å². The number of fused-ring (bicyclic) bond motifs is 1. The lowest BCUT2D eigenvalue weighted by molar-refractivity contribution is -0.00256. The van der Waals surface area contributed by atoms with Crippen LogP contribution >= 0.6 is 0 Å². The second-order valence-electron chi connectivity index (χ2n) is 6.06. The first-order valence-corrected chi connectivity index (χ1v) is 7.72. The maximum absolute atomic E-state index is 13.2. The number of benzene rings is 2. The Bertz CT molecular complexity index is 747. The fraction of sp³-hybridized carbons (Fsp3) is 0.278. The molecule has 0 aliphatic carbocycles. The zero-order chi connectivity index (χ0) is 16.0. The van der Waals surface area contributed by atoms with E-state index in [1.54, 1.807) is 35.2 Å². The molecule has 0 spiro atoms. The predicted octanol–water partition coefficient (Wildman–Crippen LogP) is 2.03. The van der Waals surface area contributed by atoms with Crippen LogP contribution in [-0.4, -0.2) is 35.0 Å². The molecule has 0 aromatic heterocycles. The largest absolute Gasteiger partial charge is 0.369 e. The minimum atomic E-state index is -0.924. The first-order chi connectivity index (χ1) is 11.2. The Kier molecular flexibility index (Phi) is 3.39. The monoisotopic (exact) mass is 312 g/mol. The molecule has 0 saturated carbocycles. The fourth-order valence-corrected chi connectivity index (χ4v) is 3.66. The highest BCUT2D eigenvalue weighted by Gasteiger charge is 2.44. The van der Waals surface area contributed by atoms with Crippen LogP contribution < -0.4 is 5.32 Å². The molecule has 0 bridgehead atoms. The van der Waals surface area contributed by atoms with Crippen molar-refractivity contribution in [2.24, 2.45) is 0 Å². The van der Waals surface area contributed by atoms with E-state index in [2.05, 4.69) is 5.32 Å². The lowest BCUT2D eigenvalue weighted by Gasteiger charge is -2.31. The van der Waals surface area contributed by atoms with E-state index in [0.717, 1.165) is 5.56 Å². The van der Waals surface area contributed by atoms with Gasteiger partial charge < -0.3 is 15.3 Å². The molecule has 2 aliphatic rings. The smallest absolute Gasteiger partial charge is 0.256 e. The Morgan fingerprint density at radius 1 is 1.09 bits per heavy atom. The average Bonchev–Trinajstić information content (AvgIpc) is 3.13. The van der Waals surface area contributed by atoms with Crippen LogP contribution in [-0.2, 0) is 0 Å². The highest BCUT2D eigenvalue weighted by Crippen LogP contribution is 2.38. The van der Waals surface area contributed by atoms with Crippen LogP contribution in [0, 0.1) is 5.82 Å². The SMILES string of the molecule is O=C1c2ccccc2C(O)N1C1CNCC1c1ccc(F)cc1. The Balaban J connectivity index is 1.67. The lowest BCUT2D eigenvalue weighted by atomic mass is 9.93. The van der Waals surface area contributed by atoms with Crippen molar-refractivity contribution in [3.63, 3.8) is 0 Å². The van der Waals surface area contributed by atoms with E-state index in [-0.39, 0.29) is 23.7 Å².